The number of rotatable bonds is 6. The van der Waals surface area contributed by atoms with Crippen molar-refractivity contribution in [2.75, 3.05) is 12.4 Å². The molecule has 8 nitrogen and oxygen atoms in total. The lowest BCUT2D eigenvalue weighted by Gasteiger charge is -2.13. The molecular formula is C22H22ClN5O3. The van der Waals surface area contributed by atoms with Gasteiger partial charge < -0.3 is 10.1 Å². The second kappa shape index (κ2) is 8.31. The highest BCUT2D eigenvalue weighted by atomic mass is 35.5. The number of methoxy groups -OCH3 is 1. The van der Waals surface area contributed by atoms with Crippen molar-refractivity contribution in [1.29, 1.82) is 0 Å². The van der Waals surface area contributed by atoms with E-state index in [1.165, 1.54) is 11.6 Å². The van der Waals surface area contributed by atoms with Gasteiger partial charge in [0.05, 0.1) is 13.7 Å². The second-order valence-corrected chi connectivity index (χ2v) is 7.60. The van der Waals surface area contributed by atoms with Crippen LogP contribution in [0.5, 0.6) is 5.75 Å². The summed E-state index contributed by atoms with van der Waals surface area (Å²) in [6.07, 6.45) is 0. The van der Waals surface area contributed by atoms with Gasteiger partial charge >= 0.3 is 5.69 Å². The Bertz CT molecular complexity index is 1370. The van der Waals surface area contributed by atoms with Crippen LogP contribution in [-0.2, 0) is 27.2 Å². The molecule has 0 aliphatic rings. The van der Waals surface area contributed by atoms with Gasteiger partial charge in [0.1, 0.15) is 5.75 Å². The molecule has 9 heteroatoms. The summed E-state index contributed by atoms with van der Waals surface area (Å²) in [7, 11) is 4.63. The van der Waals surface area contributed by atoms with Crippen molar-refractivity contribution in [2.24, 2.45) is 14.1 Å². The Labute approximate surface area is 183 Å². The number of fused-ring (bicyclic) bond motifs is 1. The van der Waals surface area contributed by atoms with Crippen molar-refractivity contribution in [3.63, 3.8) is 0 Å². The first-order valence-corrected chi connectivity index (χ1v) is 10.0. The van der Waals surface area contributed by atoms with Crippen LogP contribution in [-0.4, -0.2) is 25.8 Å². The van der Waals surface area contributed by atoms with Crippen LogP contribution in [0.25, 0.3) is 11.2 Å². The van der Waals surface area contributed by atoms with Crippen LogP contribution < -0.4 is 21.3 Å². The van der Waals surface area contributed by atoms with Gasteiger partial charge in [-0.3, -0.25) is 18.5 Å². The monoisotopic (exact) mass is 439 g/mol. The normalized spacial score (nSPS) is 11.1. The summed E-state index contributed by atoms with van der Waals surface area (Å²) in [6.45, 7) is 0.779. The summed E-state index contributed by atoms with van der Waals surface area (Å²) in [5.74, 6) is 1.12. The van der Waals surface area contributed by atoms with Gasteiger partial charge in [-0.15, -0.1) is 0 Å². The fraction of sp³-hybridized carbons (Fsp3) is 0.227. The standard InChI is InChI=1S/C22H22ClN5O3/c1-26-19-18(20(29)27(2)22(26)30)28(13-15-11-16(31-3)9-10-17(15)23)21(25-19)24-12-14-7-5-4-6-8-14/h4-11H,12-13H2,1-3H3,(H,24,25). The Morgan fingerprint density at radius 1 is 1.06 bits per heavy atom. The average Bonchev–Trinajstić information content (AvgIpc) is 3.15. The molecule has 31 heavy (non-hydrogen) atoms. The maximum Gasteiger partial charge on any atom is 0.332 e. The highest BCUT2D eigenvalue weighted by Crippen LogP contribution is 2.26. The number of ether oxygens (including phenoxy) is 1. The van der Waals surface area contributed by atoms with Gasteiger partial charge in [0.25, 0.3) is 5.56 Å². The van der Waals surface area contributed by atoms with E-state index in [1.54, 1.807) is 30.9 Å². The van der Waals surface area contributed by atoms with Crippen LogP contribution >= 0.6 is 11.6 Å². The lowest BCUT2D eigenvalue weighted by molar-refractivity contribution is 0.414. The molecule has 2 heterocycles. The minimum Gasteiger partial charge on any atom is -0.497 e. The van der Waals surface area contributed by atoms with Gasteiger partial charge in [-0.1, -0.05) is 41.9 Å². The second-order valence-electron chi connectivity index (χ2n) is 7.20. The van der Waals surface area contributed by atoms with E-state index >= 15 is 0 Å². The summed E-state index contributed by atoms with van der Waals surface area (Å²) >= 11 is 6.43. The third-order valence-corrected chi connectivity index (χ3v) is 5.59. The zero-order valence-corrected chi connectivity index (χ0v) is 18.2. The number of hydrogen-bond acceptors (Lipinski definition) is 5. The molecule has 0 saturated carbocycles. The SMILES string of the molecule is COc1ccc(Cl)c(Cn2c(NCc3ccccc3)nc3c2c(=O)n(C)c(=O)n3C)c1. The van der Waals surface area contributed by atoms with E-state index in [2.05, 4.69) is 10.3 Å². The number of nitrogens with one attached hydrogen (secondary N) is 1. The van der Waals surface area contributed by atoms with Crippen molar-refractivity contribution < 1.29 is 4.74 Å². The van der Waals surface area contributed by atoms with E-state index in [4.69, 9.17) is 16.3 Å². The van der Waals surface area contributed by atoms with E-state index < -0.39 is 11.2 Å². The molecule has 0 radical (unpaired) electrons. The Kier molecular flexibility index (Phi) is 5.56. The van der Waals surface area contributed by atoms with Crippen LogP contribution in [0.2, 0.25) is 5.02 Å². The molecule has 4 rings (SSSR count). The molecule has 0 aliphatic carbocycles. The third kappa shape index (κ3) is 3.82. The van der Waals surface area contributed by atoms with E-state index in [9.17, 15) is 9.59 Å². The van der Waals surface area contributed by atoms with E-state index in [1.807, 2.05) is 36.4 Å². The van der Waals surface area contributed by atoms with Crippen molar-refractivity contribution in [1.82, 2.24) is 18.7 Å². The van der Waals surface area contributed by atoms with Crippen molar-refractivity contribution in [3.05, 3.63) is 85.5 Å². The van der Waals surface area contributed by atoms with E-state index in [0.29, 0.717) is 34.4 Å². The Morgan fingerprint density at radius 3 is 2.52 bits per heavy atom. The van der Waals surface area contributed by atoms with Crippen LogP contribution in [0.1, 0.15) is 11.1 Å². The lowest BCUT2D eigenvalue weighted by atomic mass is 10.2. The molecule has 1 N–H and O–H groups in total. The predicted molar refractivity (Wildman–Crippen MR) is 121 cm³/mol. The van der Waals surface area contributed by atoms with Gasteiger partial charge in [-0.2, -0.15) is 4.98 Å². The first-order valence-electron chi connectivity index (χ1n) is 9.67. The molecule has 2 aromatic heterocycles. The smallest absolute Gasteiger partial charge is 0.332 e. The Balaban J connectivity index is 1.88. The molecular weight excluding hydrogens is 418 g/mol. The predicted octanol–water partition coefficient (Wildman–Crippen LogP) is 2.76. The summed E-state index contributed by atoms with van der Waals surface area (Å²) in [4.78, 5) is 30.0. The zero-order valence-electron chi connectivity index (χ0n) is 17.4. The van der Waals surface area contributed by atoms with Crippen molar-refractivity contribution in [3.8, 4) is 5.75 Å². The zero-order chi connectivity index (χ0) is 22.1. The summed E-state index contributed by atoms with van der Waals surface area (Å²) in [6, 6.07) is 15.2. The van der Waals surface area contributed by atoms with Crippen LogP contribution in [0, 0.1) is 0 Å². The first-order chi connectivity index (χ1) is 14.9. The number of aromatic nitrogens is 4. The van der Waals surface area contributed by atoms with Gasteiger partial charge in [-0.05, 0) is 29.3 Å². The minimum atomic E-state index is -0.434. The Morgan fingerprint density at radius 2 is 1.81 bits per heavy atom. The van der Waals surface area contributed by atoms with Gasteiger partial charge in [0.2, 0.25) is 5.95 Å². The highest BCUT2D eigenvalue weighted by Gasteiger charge is 2.20. The van der Waals surface area contributed by atoms with Gasteiger partial charge in [0.15, 0.2) is 11.2 Å². The molecule has 0 amide bonds. The Hall–Kier alpha value is -3.52. The van der Waals surface area contributed by atoms with Crippen LogP contribution in [0.3, 0.4) is 0 Å². The molecule has 0 unspecified atom stereocenters. The molecule has 0 fully saturated rings. The molecule has 4 aromatic rings. The molecule has 0 aliphatic heterocycles. The number of halogens is 1. The molecule has 160 valence electrons. The molecule has 2 aromatic carbocycles. The summed E-state index contributed by atoms with van der Waals surface area (Å²) in [5.41, 5.74) is 1.59. The number of imidazole rings is 1. The van der Waals surface area contributed by atoms with Crippen LogP contribution in [0.15, 0.2) is 58.1 Å². The number of hydrogen-bond donors (Lipinski definition) is 1. The van der Waals surface area contributed by atoms with Crippen LogP contribution in [0.4, 0.5) is 5.95 Å². The maximum atomic E-state index is 13.0. The van der Waals surface area contributed by atoms with E-state index in [-0.39, 0.29) is 6.54 Å². The van der Waals surface area contributed by atoms with Gasteiger partial charge in [0, 0.05) is 25.7 Å². The fourth-order valence-corrected chi connectivity index (χ4v) is 3.66. The van der Waals surface area contributed by atoms with Crippen molar-refractivity contribution in [2.45, 2.75) is 13.1 Å². The average molecular weight is 440 g/mol. The number of anilines is 1. The number of nitrogens with zero attached hydrogens (tertiary/aromatic N) is 4. The third-order valence-electron chi connectivity index (χ3n) is 5.22. The topological polar surface area (TPSA) is 83.1 Å². The number of aryl methyl sites for hydroxylation is 1. The summed E-state index contributed by atoms with van der Waals surface area (Å²) < 4.78 is 9.52. The first kappa shape index (κ1) is 20.7. The van der Waals surface area contributed by atoms with Gasteiger partial charge in [-0.25, -0.2) is 4.79 Å². The lowest BCUT2D eigenvalue weighted by Crippen LogP contribution is -2.37. The van der Waals surface area contributed by atoms with Crippen molar-refractivity contribution >= 4 is 28.7 Å². The van der Waals surface area contributed by atoms with E-state index in [0.717, 1.165) is 15.7 Å². The maximum absolute atomic E-state index is 13.0. The quantitative estimate of drug-likeness (QED) is 0.499. The molecule has 0 atom stereocenters. The largest absolute Gasteiger partial charge is 0.497 e. The summed E-state index contributed by atoms with van der Waals surface area (Å²) in [5, 5.41) is 3.83. The minimum absolute atomic E-state index is 0.275. The molecule has 0 saturated heterocycles. The number of benzene rings is 2. The molecule has 0 bridgehead atoms. The highest BCUT2D eigenvalue weighted by molar-refractivity contribution is 6.31. The molecule has 0 spiro atoms. The fourth-order valence-electron chi connectivity index (χ4n) is 3.48.